The van der Waals surface area contributed by atoms with Crippen LogP contribution >= 0.6 is 11.3 Å². The third-order valence-corrected chi connectivity index (χ3v) is 4.17. The number of pyridine rings is 1. The minimum Gasteiger partial charge on any atom is -0.353 e. The first kappa shape index (κ1) is 15.5. The minimum absolute atomic E-state index is 0.0459. The monoisotopic (exact) mass is 305 g/mol. The van der Waals surface area contributed by atoms with Crippen LogP contribution in [-0.4, -0.2) is 36.0 Å². The van der Waals surface area contributed by atoms with Gasteiger partial charge in [-0.05, 0) is 31.6 Å². The second-order valence-electron chi connectivity index (χ2n) is 4.97. The summed E-state index contributed by atoms with van der Waals surface area (Å²) < 4.78 is 1.39. The second kappa shape index (κ2) is 7.19. The van der Waals surface area contributed by atoms with E-state index in [-0.39, 0.29) is 24.1 Å². The Labute approximate surface area is 127 Å². The fraction of sp³-hybridized carbons (Fsp3) is 0.333. The Bertz CT molecular complexity index is 634. The number of thiophene rings is 1. The number of nitrogens with one attached hydrogen (secondary N) is 1. The molecule has 2 heterocycles. The van der Waals surface area contributed by atoms with E-state index in [2.05, 4.69) is 16.3 Å². The molecule has 5 nitrogen and oxygen atoms in total. The summed E-state index contributed by atoms with van der Waals surface area (Å²) in [6, 6.07) is 9.05. The third-order valence-electron chi connectivity index (χ3n) is 3.20. The van der Waals surface area contributed by atoms with Crippen LogP contribution in [0.25, 0.3) is 0 Å². The molecule has 2 aromatic rings. The number of hydrogen-bond acceptors (Lipinski definition) is 4. The lowest BCUT2D eigenvalue weighted by Crippen LogP contribution is -2.37. The summed E-state index contributed by atoms with van der Waals surface area (Å²) in [5, 5.41) is 4.92. The van der Waals surface area contributed by atoms with E-state index >= 15 is 0 Å². The molecule has 0 fully saturated rings. The van der Waals surface area contributed by atoms with Crippen molar-refractivity contribution in [2.24, 2.45) is 0 Å². The molecule has 0 aliphatic carbocycles. The maximum absolute atomic E-state index is 12.0. The number of carbonyl (C=O) groups is 1. The Morgan fingerprint density at radius 2 is 2.14 bits per heavy atom. The molecular weight excluding hydrogens is 286 g/mol. The Morgan fingerprint density at radius 1 is 1.33 bits per heavy atom. The molecule has 0 unspecified atom stereocenters. The zero-order valence-electron chi connectivity index (χ0n) is 12.2. The van der Waals surface area contributed by atoms with E-state index in [0.717, 1.165) is 0 Å². The zero-order chi connectivity index (χ0) is 15.2. The molecule has 2 rings (SSSR count). The number of amides is 1. The van der Waals surface area contributed by atoms with Crippen molar-refractivity contribution in [2.45, 2.75) is 12.6 Å². The Balaban J connectivity index is 1.94. The molecule has 0 aliphatic heterocycles. The second-order valence-corrected chi connectivity index (χ2v) is 5.94. The van der Waals surface area contributed by atoms with Crippen LogP contribution in [0.2, 0.25) is 0 Å². The van der Waals surface area contributed by atoms with Crippen LogP contribution in [0.5, 0.6) is 0 Å². The minimum atomic E-state index is -0.171. The topological polar surface area (TPSA) is 54.3 Å². The van der Waals surface area contributed by atoms with Gasteiger partial charge in [0.2, 0.25) is 5.91 Å². The van der Waals surface area contributed by atoms with Gasteiger partial charge in [-0.3, -0.25) is 9.59 Å². The Hall–Kier alpha value is -1.92. The highest BCUT2D eigenvalue weighted by molar-refractivity contribution is 7.10. The average Bonchev–Trinajstić information content (AvgIpc) is 2.95. The smallest absolute Gasteiger partial charge is 0.250 e. The number of carbonyl (C=O) groups excluding carboxylic acids is 1. The molecule has 112 valence electrons. The van der Waals surface area contributed by atoms with E-state index in [0.29, 0.717) is 6.54 Å². The van der Waals surface area contributed by atoms with Gasteiger partial charge in [0, 0.05) is 23.7 Å². The van der Waals surface area contributed by atoms with Crippen LogP contribution in [0, 0.1) is 0 Å². The molecule has 21 heavy (non-hydrogen) atoms. The number of hydrogen-bond donors (Lipinski definition) is 1. The van der Waals surface area contributed by atoms with Crippen molar-refractivity contribution >= 4 is 17.2 Å². The molecule has 2 aromatic heterocycles. The van der Waals surface area contributed by atoms with Crippen LogP contribution < -0.4 is 10.9 Å². The molecule has 1 amide bonds. The molecular formula is C15H19N3O2S. The standard InChI is InChI=1S/C15H19N3O2S/c1-17(2)12(13-6-5-9-21-13)10-16-14(19)11-18-8-4-3-7-15(18)20/h3-9,12H,10-11H2,1-2H3,(H,16,19)/t12-/m0/s1. The van der Waals surface area contributed by atoms with Crippen molar-refractivity contribution in [2.75, 3.05) is 20.6 Å². The van der Waals surface area contributed by atoms with E-state index in [9.17, 15) is 9.59 Å². The first-order chi connectivity index (χ1) is 10.1. The molecule has 0 radical (unpaired) electrons. The fourth-order valence-corrected chi connectivity index (χ4v) is 2.95. The molecule has 0 saturated carbocycles. The molecule has 0 spiro atoms. The van der Waals surface area contributed by atoms with Gasteiger partial charge in [0.1, 0.15) is 6.54 Å². The summed E-state index contributed by atoms with van der Waals surface area (Å²) in [5.41, 5.74) is -0.171. The van der Waals surface area contributed by atoms with Gasteiger partial charge in [0.05, 0.1) is 6.04 Å². The van der Waals surface area contributed by atoms with Gasteiger partial charge < -0.3 is 14.8 Å². The van der Waals surface area contributed by atoms with Gasteiger partial charge in [-0.1, -0.05) is 12.1 Å². The molecule has 0 aromatic carbocycles. The average molecular weight is 305 g/mol. The van der Waals surface area contributed by atoms with Gasteiger partial charge in [0.15, 0.2) is 0 Å². The van der Waals surface area contributed by atoms with Crippen molar-refractivity contribution in [3.63, 3.8) is 0 Å². The normalized spacial score (nSPS) is 12.3. The zero-order valence-corrected chi connectivity index (χ0v) is 13.0. The van der Waals surface area contributed by atoms with E-state index in [4.69, 9.17) is 0 Å². The third kappa shape index (κ3) is 4.27. The van der Waals surface area contributed by atoms with Crippen LogP contribution in [-0.2, 0) is 11.3 Å². The van der Waals surface area contributed by atoms with Crippen LogP contribution in [0.15, 0.2) is 46.7 Å². The Morgan fingerprint density at radius 3 is 2.76 bits per heavy atom. The molecule has 0 bridgehead atoms. The first-order valence-electron chi connectivity index (χ1n) is 6.70. The van der Waals surface area contributed by atoms with Crippen molar-refractivity contribution in [1.29, 1.82) is 0 Å². The van der Waals surface area contributed by atoms with Gasteiger partial charge in [-0.15, -0.1) is 11.3 Å². The highest BCUT2D eigenvalue weighted by Gasteiger charge is 2.16. The predicted molar refractivity (Wildman–Crippen MR) is 84.5 cm³/mol. The lowest BCUT2D eigenvalue weighted by molar-refractivity contribution is -0.121. The van der Waals surface area contributed by atoms with Gasteiger partial charge in [-0.25, -0.2) is 0 Å². The van der Waals surface area contributed by atoms with Crippen LogP contribution in [0.4, 0.5) is 0 Å². The van der Waals surface area contributed by atoms with Crippen LogP contribution in [0.1, 0.15) is 10.9 Å². The van der Waals surface area contributed by atoms with Crippen molar-refractivity contribution < 1.29 is 4.79 Å². The fourth-order valence-electron chi connectivity index (χ4n) is 2.03. The van der Waals surface area contributed by atoms with Gasteiger partial charge in [-0.2, -0.15) is 0 Å². The number of aromatic nitrogens is 1. The SMILES string of the molecule is CN(C)[C@@H](CNC(=O)Cn1ccccc1=O)c1cccs1. The first-order valence-corrected chi connectivity index (χ1v) is 7.58. The summed E-state index contributed by atoms with van der Waals surface area (Å²) in [6.07, 6.45) is 1.62. The molecule has 1 N–H and O–H groups in total. The number of likely N-dealkylation sites (N-methyl/N-ethyl adjacent to an activating group) is 1. The van der Waals surface area contributed by atoms with E-state index < -0.39 is 0 Å². The number of nitrogens with zero attached hydrogens (tertiary/aromatic N) is 2. The lowest BCUT2D eigenvalue weighted by atomic mass is 10.2. The summed E-state index contributed by atoms with van der Waals surface area (Å²) in [4.78, 5) is 26.8. The molecule has 0 aliphatic rings. The summed E-state index contributed by atoms with van der Waals surface area (Å²) >= 11 is 1.67. The predicted octanol–water partition coefficient (Wildman–Crippen LogP) is 1.33. The molecule has 1 atom stereocenters. The summed E-state index contributed by atoms with van der Waals surface area (Å²) in [6.45, 7) is 0.568. The van der Waals surface area contributed by atoms with Gasteiger partial charge in [0.25, 0.3) is 5.56 Å². The summed E-state index contributed by atoms with van der Waals surface area (Å²) in [5.74, 6) is -0.160. The lowest BCUT2D eigenvalue weighted by Gasteiger charge is -2.23. The van der Waals surface area contributed by atoms with Gasteiger partial charge >= 0.3 is 0 Å². The highest BCUT2D eigenvalue weighted by Crippen LogP contribution is 2.22. The Kier molecular flexibility index (Phi) is 5.30. The maximum atomic E-state index is 12.0. The molecule has 0 saturated heterocycles. The van der Waals surface area contributed by atoms with E-state index in [1.807, 2.05) is 25.5 Å². The van der Waals surface area contributed by atoms with Crippen molar-refractivity contribution in [3.8, 4) is 0 Å². The van der Waals surface area contributed by atoms with Crippen molar-refractivity contribution in [3.05, 3.63) is 57.1 Å². The van der Waals surface area contributed by atoms with Crippen molar-refractivity contribution in [1.82, 2.24) is 14.8 Å². The maximum Gasteiger partial charge on any atom is 0.250 e. The van der Waals surface area contributed by atoms with E-state index in [1.165, 1.54) is 15.5 Å². The highest BCUT2D eigenvalue weighted by atomic mass is 32.1. The van der Waals surface area contributed by atoms with E-state index in [1.54, 1.807) is 29.7 Å². The number of rotatable bonds is 6. The quantitative estimate of drug-likeness (QED) is 0.876. The largest absolute Gasteiger partial charge is 0.353 e. The summed E-state index contributed by atoms with van der Waals surface area (Å²) in [7, 11) is 3.97. The molecule has 6 heteroatoms. The van der Waals surface area contributed by atoms with Crippen LogP contribution in [0.3, 0.4) is 0 Å².